The van der Waals surface area contributed by atoms with Crippen LogP contribution in [0.25, 0.3) is 0 Å². The van der Waals surface area contributed by atoms with E-state index in [9.17, 15) is 9.59 Å². The molecule has 0 aliphatic carbocycles. The van der Waals surface area contributed by atoms with Gasteiger partial charge in [0, 0.05) is 12.9 Å². The van der Waals surface area contributed by atoms with Gasteiger partial charge in [0.1, 0.15) is 12.3 Å². The Morgan fingerprint density at radius 2 is 1.65 bits per heavy atom. The Balaban J connectivity index is 1.75. The van der Waals surface area contributed by atoms with E-state index < -0.39 is 7.26 Å². The average Bonchev–Trinajstić information content (AvgIpc) is 3.23. The third kappa shape index (κ3) is 5.95. The fraction of sp³-hybridized carbons (Fsp3) is 0.462. The summed E-state index contributed by atoms with van der Waals surface area (Å²) in [5.41, 5.74) is 3.97. The molecule has 0 bridgehead atoms. The Labute approximate surface area is 187 Å². The van der Waals surface area contributed by atoms with Crippen LogP contribution in [0, 0.1) is 13.8 Å². The maximum Gasteiger partial charge on any atom is 0.344 e. The topological polar surface area (TPSA) is 55.4 Å². The molecule has 1 aliphatic heterocycles. The van der Waals surface area contributed by atoms with Gasteiger partial charge >= 0.3 is 5.97 Å². The first kappa shape index (κ1) is 23.5. The molecule has 5 heteroatoms. The van der Waals surface area contributed by atoms with E-state index in [1.165, 1.54) is 0 Å². The monoisotopic (exact) mass is 440 g/mol. The Morgan fingerprint density at radius 3 is 2.26 bits per heavy atom. The van der Waals surface area contributed by atoms with Gasteiger partial charge in [-0.15, -0.1) is 0 Å². The van der Waals surface area contributed by atoms with Crippen LogP contribution < -0.4 is 5.32 Å². The van der Waals surface area contributed by atoms with Crippen molar-refractivity contribution in [2.75, 3.05) is 23.8 Å². The van der Waals surface area contributed by atoms with Crippen LogP contribution in [0.15, 0.2) is 48.5 Å². The van der Waals surface area contributed by atoms with Crippen LogP contribution in [0.1, 0.15) is 49.3 Å². The fourth-order valence-corrected chi connectivity index (χ4v) is 9.80. The first-order valence-electron chi connectivity index (χ1n) is 11.4. The third-order valence-electron chi connectivity index (χ3n) is 6.40. The van der Waals surface area contributed by atoms with Crippen molar-refractivity contribution in [2.24, 2.45) is 0 Å². The summed E-state index contributed by atoms with van der Waals surface area (Å²) in [5, 5.41) is 3.23. The average molecular weight is 441 g/mol. The van der Waals surface area contributed by atoms with Crippen LogP contribution in [-0.2, 0) is 20.9 Å². The summed E-state index contributed by atoms with van der Waals surface area (Å²) in [4.78, 5) is 26.4. The highest BCUT2D eigenvalue weighted by Crippen LogP contribution is 2.68. The molecule has 1 atom stereocenters. The molecule has 0 saturated carbocycles. The van der Waals surface area contributed by atoms with E-state index in [0.29, 0.717) is 12.8 Å². The van der Waals surface area contributed by atoms with Gasteiger partial charge in [-0.1, -0.05) is 61.9 Å². The Kier molecular flexibility index (Phi) is 8.26. The van der Waals surface area contributed by atoms with Crippen LogP contribution in [0.3, 0.4) is 0 Å². The maximum atomic E-state index is 13.5. The number of carbonyl (C=O) groups is 2. The second-order valence-corrected chi connectivity index (χ2v) is 13.0. The molecule has 4 nitrogen and oxygen atoms in total. The van der Waals surface area contributed by atoms with Crippen molar-refractivity contribution in [2.45, 2.75) is 58.7 Å². The number of anilines is 1. The van der Waals surface area contributed by atoms with Gasteiger partial charge in [-0.25, -0.2) is 4.79 Å². The molecule has 1 amide bonds. The minimum absolute atomic E-state index is 0.0803. The molecule has 2 aromatic carbocycles. The van der Waals surface area contributed by atoms with E-state index in [1.807, 2.05) is 62.4 Å². The molecule has 0 aromatic heterocycles. The van der Waals surface area contributed by atoms with Crippen molar-refractivity contribution < 1.29 is 14.3 Å². The molecule has 1 fully saturated rings. The van der Waals surface area contributed by atoms with Gasteiger partial charge in [0.15, 0.2) is 6.16 Å². The van der Waals surface area contributed by atoms with Gasteiger partial charge in [0.25, 0.3) is 5.91 Å². The highest BCUT2D eigenvalue weighted by atomic mass is 31.2. The van der Waals surface area contributed by atoms with Crippen LogP contribution in [0.2, 0.25) is 0 Å². The van der Waals surface area contributed by atoms with E-state index in [2.05, 4.69) is 12.2 Å². The lowest BCUT2D eigenvalue weighted by atomic mass is 10.1. The summed E-state index contributed by atoms with van der Waals surface area (Å²) in [6, 6.07) is 15.8. The van der Waals surface area contributed by atoms with Gasteiger partial charge in [-0.3, -0.25) is 4.79 Å². The van der Waals surface area contributed by atoms with Crippen molar-refractivity contribution in [3.8, 4) is 0 Å². The zero-order valence-electron chi connectivity index (χ0n) is 19.0. The SMILES string of the molecule is CCCC(C(=O)Nc1c(C)cccc1C)[P+]1(CC(=O)OCc2ccccc2)CCCC1. The molecule has 1 aliphatic rings. The Bertz CT molecular complexity index is 871. The van der Waals surface area contributed by atoms with Crippen LogP contribution in [-0.4, -0.2) is 36.0 Å². The predicted molar refractivity (Wildman–Crippen MR) is 130 cm³/mol. The van der Waals surface area contributed by atoms with Crippen molar-refractivity contribution in [1.29, 1.82) is 0 Å². The second kappa shape index (κ2) is 10.9. The molecular weight excluding hydrogens is 405 g/mol. The number of rotatable bonds is 9. The number of esters is 1. The molecule has 3 rings (SSSR count). The van der Waals surface area contributed by atoms with E-state index in [0.717, 1.165) is 60.4 Å². The number of nitrogens with one attached hydrogen (secondary N) is 1. The summed E-state index contributed by atoms with van der Waals surface area (Å²) >= 11 is 0. The van der Waals surface area contributed by atoms with Crippen LogP contribution >= 0.6 is 7.26 Å². The van der Waals surface area contributed by atoms with Crippen molar-refractivity contribution in [3.63, 3.8) is 0 Å². The summed E-state index contributed by atoms with van der Waals surface area (Å²) in [6.07, 6.45) is 6.43. The quantitative estimate of drug-likeness (QED) is 0.386. The van der Waals surface area contributed by atoms with Gasteiger partial charge in [-0.2, -0.15) is 0 Å². The van der Waals surface area contributed by atoms with E-state index >= 15 is 0 Å². The molecule has 1 saturated heterocycles. The molecule has 0 spiro atoms. The standard InChI is InChI=1S/C26H34NO3P/c1-4-11-23(26(29)27-25-20(2)12-10-13-21(25)3)31(16-8-9-17-31)19-24(28)30-18-22-14-6-5-7-15-22/h5-7,10,12-15,23H,4,8-9,11,16-19H2,1-3H3/p+1. The maximum absolute atomic E-state index is 13.5. The highest BCUT2D eigenvalue weighted by molar-refractivity contribution is 7.78. The molecular formula is C26H35NO3P+. The van der Waals surface area contributed by atoms with Gasteiger partial charge in [0.2, 0.25) is 0 Å². The van der Waals surface area contributed by atoms with Crippen molar-refractivity contribution in [3.05, 3.63) is 65.2 Å². The summed E-state index contributed by atoms with van der Waals surface area (Å²) < 4.78 is 5.64. The molecule has 1 heterocycles. The third-order valence-corrected chi connectivity index (χ3v) is 11.5. The number of benzene rings is 2. The highest BCUT2D eigenvalue weighted by Gasteiger charge is 2.53. The van der Waals surface area contributed by atoms with Crippen LogP contribution in [0.5, 0.6) is 0 Å². The number of ether oxygens (including phenoxy) is 1. The van der Waals surface area contributed by atoms with Crippen LogP contribution in [0.4, 0.5) is 5.69 Å². The number of carbonyl (C=O) groups excluding carboxylic acids is 2. The van der Waals surface area contributed by atoms with Gasteiger partial charge in [0.05, 0.1) is 12.3 Å². The minimum atomic E-state index is -1.76. The summed E-state index contributed by atoms with van der Waals surface area (Å²) in [7, 11) is -1.76. The zero-order valence-corrected chi connectivity index (χ0v) is 19.9. The molecule has 166 valence electrons. The summed E-state index contributed by atoms with van der Waals surface area (Å²) in [5.74, 6) is -0.0644. The van der Waals surface area contributed by atoms with E-state index in [1.54, 1.807) is 0 Å². The fourth-order valence-electron chi connectivity index (χ4n) is 4.73. The number of para-hydroxylation sites is 1. The minimum Gasteiger partial charge on any atom is -0.458 e. The van der Waals surface area contributed by atoms with Gasteiger partial charge < -0.3 is 10.1 Å². The first-order chi connectivity index (χ1) is 14.9. The number of hydrogen-bond donors (Lipinski definition) is 1. The van der Waals surface area contributed by atoms with E-state index in [4.69, 9.17) is 4.74 Å². The number of aryl methyl sites for hydroxylation is 2. The summed E-state index contributed by atoms with van der Waals surface area (Å²) in [6.45, 7) is 6.48. The van der Waals surface area contributed by atoms with Crippen molar-refractivity contribution >= 4 is 24.8 Å². The molecule has 31 heavy (non-hydrogen) atoms. The lowest BCUT2D eigenvalue weighted by Gasteiger charge is -2.30. The largest absolute Gasteiger partial charge is 0.458 e. The smallest absolute Gasteiger partial charge is 0.344 e. The molecule has 0 radical (unpaired) electrons. The number of amides is 1. The Morgan fingerprint density at radius 1 is 1.00 bits per heavy atom. The zero-order chi connectivity index (χ0) is 22.3. The first-order valence-corrected chi connectivity index (χ1v) is 13.8. The lowest BCUT2D eigenvalue weighted by Crippen LogP contribution is -2.34. The molecule has 1 N–H and O–H groups in total. The molecule has 2 aromatic rings. The predicted octanol–water partition coefficient (Wildman–Crippen LogP) is 5.97. The van der Waals surface area contributed by atoms with Gasteiger partial charge in [-0.05, 0) is 49.8 Å². The molecule has 1 unspecified atom stereocenters. The lowest BCUT2D eigenvalue weighted by molar-refractivity contribution is -0.141. The Hall–Kier alpha value is -2.19. The van der Waals surface area contributed by atoms with E-state index in [-0.39, 0.29) is 17.5 Å². The van der Waals surface area contributed by atoms with Crippen molar-refractivity contribution in [1.82, 2.24) is 0 Å². The second-order valence-electron chi connectivity index (χ2n) is 8.74. The number of hydrogen-bond acceptors (Lipinski definition) is 3. The normalized spacial score (nSPS) is 16.0.